The number of hydrogen-bond donors (Lipinski definition) is 1. The van der Waals surface area contributed by atoms with Gasteiger partial charge in [0.2, 0.25) is 0 Å². The van der Waals surface area contributed by atoms with Crippen LogP contribution < -0.4 is 5.32 Å². The fourth-order valence-electron chi connectivity index (χ4n) is 6.82. The van der Waals surface area contributed by atoms with Crippen LogP contribution in [0.25, 0.3) is 0 Å². The number of ether oxygens (including phenoxy) is 1. The van der Waals surface area contributed by atoms with E-state index >= 15 is 0 Å². The normalized spacial score (nSPS) is 24.6. The van der Waals surface area contributed by atoms with Crippen molar-refractivity contribution in [1.29, 1.82) is 0 Å². The lowest BCUT2D eigenvalue weighted by atomic mass is 9.49. The molecule has 7 nitrogen and oxygen atoms in total. The maximum atomic E-state index is 12.7. The summed E-state index contributed by atoms with van der Waals surface area (Å²) in [5.41, 5.74) is 4.52. The predicted octanol–water partition coefficient (Wildman–Crippen LogP) is 6.01. The van der Waals surface area contributed by atoms with E-state index in [0.717, 1.165) is 32.1 Å². The third kappa shape index (κ3) is 5.13. The van der Waals surface area contributed by atoms with E-state index < -0.39 is 17.5 Å². The summed E-state index contributed by atoms with van der Waals surface area (Å²) in [5, 5.41) is 14.2. The van der Waals surface area contributed by atoms with Crippen LogP contribution in [0.5, 0.6) is 0 Å². The van der Waals surface area contributed by atoms with Gasteiger partial charge in [-0.05, 0) is 78.0 Å². The van der Waals surface area contributed by atoms with Gasteiger partial charge in [-0.25, -0.2) is 4.79 Å². The van der Waals surface area contributed by atoms with E-state index in [1.165, 1.54) is 41.8 Å². The van der Waals surface area contributed by atoms with Crippen molar-refractivity contribution in [2.75, 3.05) is 13.2 Å². The molecule has 0 radical (unpaired) electrons. The Morgan fingerprint density at radius 3 is 2.65 bits per heavy atom. The van der Waals surface area contributed by atoms with Gasteiger partial charge in [-0.15, -0.1) is 0 Å². The second kappa shape index (κ2) is 10.3. The molecule has 1 amide bonds. The minimum atomic E-state index is -0.738. The van der Waals surface area contributed by atoms with Gasteiger partial charge >= 0.3 is 5.97 Å². The summed E-state index contributed by atoms with van der Waals surface area (Å²) in [6.45, 7) is 10.8. The lowest BCUT2D eigenvalue weighted by Gasteiger charge is -2.55. The van der Waals surface area contributed by atoms with E-state index in [1.54, 1.807) is 0 Å². The van der Waals surface area contributed by atoms with Gasteiger partial charge < -0.3 is 10.1 Å². The number of fused-ring (bicyclic) bond motifs is 3. The van der Waals surface area contributed by atoms with Crippen LogP contribution in [-0.4, -0.2) is 30.0 Å². The molecule has 0 aromatic heterocycles. The smallest absolute Gasteiger partial charge is 0.339 e. The Morgan fingerprint density at radius 2 is 1.95 bits per heavy atom. The number of nitro benzene ring substituents is 1. The SMILES string of the molecule is Cc1c(C(=O)OCC(=O)NCC2(C)CCCC3(C)c4ccc(C(C)C)cc4CCC23)cccc1[N+](=O)[O-]. The summed E-state index contributed by atoms with van der Waals surface area (Å²) >= 11 is 0. The van der Waals surface area contributed by atoms with Crippen LogP contribution >= 0.6 is 0 Å². The van der Waals surface area contributed by atoms with Crippen molar-refractivity contribution in [1.82, 2.24) is 5.32 Å². The summed E-state index contributed by atoms with van der Waals surface area (Å²) in [4.78, 5) is 35.8. The van der Waals surface area contributed by atoms with Gasteiger partial charge in [0.25, 0.3) is 11.6 Å². The first-order chi connectivity index (χ1) is 17.5. The van der Waals surface area contributed by atoms with Gasteiger partial charge in [-0.2, -0.15) is 0 Å². The zero-order valence-electron chi connectivity index (χ0n) is 22.6. The number of aryl methyl sites for hydroxylation is 1. The van der Waals surface area contributed by atoms with Crippen molar-refractivity contribution < 1.29 is 19.2 Å². The van der Waals surface area contributed by atoms with E-state index in [2.05, 4.69) is 51.2 Å². The molecule has 0 heterocycles. The van der Waals surface area contributed by atoms with Crippen molar-refractivity contribution in [2.45, 2.75) is 78.1 Å². The number of amides is 1. The second-order valence-corrected chi connectivity index (χ2v) is 11.6. The number of rotatable bonds is 7. The molecular formula is C30H38N2O5. The van der Waals surface area contributed by atoms with Gasteiger partial charge in [0.1, 0.15) is 0 Å². The first-order valence-corrected chi connectivity index (χ1v) is 13.3. The number of nitro groups is 1. The number of nitrogens with zero attached hydrogens (tertiary/aromatic N) is 1. The molecule has 2 aromatic carbocycles. The Bertz CT molecular complexity index is 1220. The summed E-state index contributed by atoms with van der Waals surface area (Å²) in [6, 6.07) is 11.3. The average Bonchev–Trinajstić information content (AvgIpc) is 2.85. The van der Waals surface area contributed by atoms with Gasteiger partial charge in [0, 0.05) is 18.2 Å². The van der Waals surface area contributed by atoms with Crippen molar-refractivity contribution in [3.63, 3.8) is 0 Å². The largest absolute Gasteiger partial charge is 0.452 e. The van der Waals surface area contributed by atoms with Gasteiger partial charge in [0.15, 0.2) is 6.61 Å². The topological polar surface area (TPSA) is 98.5 Å². The van der Waals surface area contributed by atoms with Crippen molar-refractivity contribution in [2.24, 2.45) is 11.3 Å². The first kappa shape index (κ1) is 26.8. The first-order valence-electron chi connectivity index (χ1n) is 13.3. The molecule has 4 rings (SSSR count). The molecule has 3 unspecified atom stereocenters. The maximum Gasteiger partial charge on any atom is 0.339 e. The molecule has 2 aliphatic rings. The zero-order chi connectivity index (χ0) is 27.0. The summed E-state index contributed by atoms with van der Waals surface area (Å²) < 4.78 is 5.21. The van der Waals surface area contributed by atoms with Crippen LogP contribution in [0.4, 0.5) is 5.69 Å². The minimum Gasteiger partial charge on any atom is -0.452 e. The number of esters is 1. The quantitative estimate of drug-likeness (QED) is 0.282. The molecule has 3 atom stereocenters. The number of benzene rings is 2. The minimum absolute atomic E-state index is 0.0578. The Balaban J connectivity index is 1.40. The van der Waals surface area contributed by atoms with Crippen LogP contribution in [-0.2, 0) is 21.4 Å². The standard InChI is InChI=1S/C30H38N2O5/c1-19(2)21-10-12-24-22(16-21)11-13-26-29(4,14-7-15-30(24,26)5)18-31-27(33)17-37-28(34)23-8-6-9-25(20(23)3)32(35)36/h6,8-10,12,16,19,26H,7,11,13-15,17-18H2,1-5H3,(H,31,33). The Kier molecular flexibility index (Phi) is 7.45. The number of carbonyl (C=O) groups excluding carboxylic acids is 2. The van der Waals surface area contributed by atoms with Gasteiger partial charge in [-0.3, -0.25) is 14.9 Å². The lowest BCUT2D eigenvalue weighted by molar-refractivity contribution is -0.385. The highest BCUT2D eigenvalue weighted by molar-refractivity contribution is 5.93. The number of hydrogen-bond acceptors (Lipinski definition) is 5. The number of carbonyl (C=O) groups is 2. The van der Waals surface area contributed by atoms with Gasteiger partial charge in [-0.1, -0.05) is 58.4 Å². The van der Waals surface area contributed by atoms with Crippen LogP contribution in [0.1, 0.15) is 91.9 Å². The summed E-state index contributed by atoms with van der Waals surface area (Å²) in [7, 11) is 0. The molecule has 7 heteroatoms. The van der Waals surface area contributed by atoms with E-state index in [0.29, 0.717) is 18.4 Å². The van der Waals surface area contributed by atoms with Crippen LogP contribution in [0.15, 0.2) is 36.4 Å². The highest BCUT2D eigenvalue weighted by Crippen LogP contribution is 2.57. The molecule has 2 aliphatic carbocycles. The van der Waals surface area contributed by atoms with Gasteiger partial charge in [0.05, 0.1) is 10.5 Å². The Labute approximate surface area is 219 Å². The zero-order valence-corrected chi connectivity index (χ0v) is 22.6. The van der Waals surface area contributed by atoms with Crippen molar-refractivity contribution >= 4 is 17.6 Å². The fraction of sp³-hybridized carbons (Fsp3) is 0.533. The van der Waals surface area contributed by atoms with E-state index in [1.807, 2.05) is 0 Å². The highest BCUT2D eigenvalue weighted by atomic mass is 16.6. The molecule has 0 bridgehead atoms. The molecule has 198 valence electrons. The van der Waals surface area contributed by atoms with E-state index in [-0.39, 0.29) is 33.6 Å². The fourth-order valence-corrected chi connectivity index (χ4v) is 6.82. The second-order valence-electron chi connectivity index (χ2n) is 11.6. The highest BCUT2D eigenvalue weighted by Gasteiger charge is 2.51. The maximum absolute atomic E-state index is 12.7. The van der Waals surface area contributed by atoms with Crippen LogP contribution in [0.3, 0.4) is 0 Å². The summed E-state index contributed by atoms with van der Waals surface area (Å²) in [5.74, 6) is -0.139. The molecule has 1 N–H and O–H groups in total. The average molecular weight is 507 g/mol. The molecule has 37 heavy (non-hydrogen) atoms. The Morgan fingerprint density at radius 1 is 1.19 bits per heavy atom. The molecule has 0 aliphatic heterocycles. The van der Waals surface area contributed by atoms with Crippen molar-refractivity contribution in [3.8, 4) is 0 Å². The van der Waals surface area contributed by atoms with E-state index in [9.17, 15) is 19.7 Å². The van der Waals surface area contributed by atoms with E-state index in [4.69, 9.17) is 4.74 Å². The monoisotopic (exact) mass is 506 g/mol. The van der Waals surface area contributed by atoms with Crippen LogP contribution in [0.2, 0.25) is 0 Å². The molecule has 0 spiro atoms. The molecule has 1 fully saturated rings. The third-order valence-electron chi connectivity index (χ3n) is 8.91. The molecular weight excluding hydrogens is 468 g/mol. The lowest BCUT2D eigenvalue weighted by Crippen LogP contribution is -2.53. The Hall–Kier alpha value is -3.22. The molecule has 0 saturated heterocycles. The molecule has 2 aromatic rings. The number of nitrogens with one attached hydrogen (secondary N) is 1. The third-order valence-corrected chi connectivity index (χ3v) is 8.91. The predicted molar refractivity (Wildman–Crippen MR) is 143 cm³/mol. The summed E-state index contributed by atoms with van der Waals surface area (Å²) in [6.07, 6.45) is 5.44. The van der Waals surface area contributed by atoms with Crippen molar-refractivity contribution in [3.05, 3.63) is 74.3 Å². The molecule has 1 saturated carbocycles. The van der Waals surface area contributed by atoms with Crippen LogP contribution in [0, 0.1) is 28.4 Å².